The van der Waals surface area contributed by atoms with Crippen LogP contribution in [0, 0.1) is 12.8 Å². The summed E-state index contributed by atoms with van der Waals surface area (Å²) in [6, 6.07) is 11.3. The molecule has 6 nitrogen and oxygen atoms in total. The van der Waals surface area contributed by atoms with Crippen LogP contribution >= 0.6 is 23.2 Å². The van der Waals surface area contributed by atoms with Gasteiger partial charge in [-0.2, -0.15) is 0 Å². The number of carbonyl (C=O) groups excluding carboxylic acids is 1. The molecule has 2 aliphatic heterocycles. The van der Waals surface area contributed by atoms with Crippen LogP contribution in [0.15, 0.2) is 36.4 Å². The SMILES string of the molecule is COC(=O)C(Cc1ccccc1OC)N1CCC(CN2CCC(Oc3ccc(Cl)c(C)c3Cl)CC2)CC1. The van der Waals surface area contributed by atoms with Gasteiger partial charge in [0.2, 0.25) is 0 Å². The van der Waals surface area contributed by atoms with Crippen LogP contribution in [0.4, 0.5) is 0 Å². The molecule has 0 spiro atoms. The van der Waals surface area contributed by atoms with E-state index in [1.807, 2.05) is 43.3 Å². The molecule has 1 atom stereocenters. The summed E-state index contributed by atoms with van der Waals surface area (Å²) < 4.78 is 16.9. The molecule has 4 rings (SSSR count). The Kier molecular flexibility index (Phi) is 9.99. The van der Waals surface area contributed by atoms with E-state index in [2.05, 4.69) is 9.80 Å². The zero-order valence-corrected chi connectivity index (χ0v) is 23.6. The Morgan fingerprint density at radius 1 is 0.973 bits per heavy atom. The maximum Gasteiger partial charge on any atom is 0.323 e. The maximum atomic E-state index is 12.7. The summed E-state index contributed by atoms with van der Waals surface area (Å²) in [6.07, 6.45) is 4.89. The van der Waals surface area contributed by atoms with E-state index < -0.39 is 0 Å². The van der Waals surface area contributed by atoms with Crippen molar-refractivity contribution >= 4 is 29.2 Å². The van der Waals surface area contributed by atoms with Crippen LogP contribution in [-0.2, 0) is 16.0 Å². The van der Waals surface area contributed by atoms with Crippen LogP contribution < -0.4 is 9.47 Å². The van der Waals surface area contributed by atoms with Gasteiger partial charge in [0.1, 0.15) is 23.6 Å². The van der Waals surface area contributed by atoms with Crippen LogP contribution in [0.5, 0.6) is 11.5 Å². The molecule has 0 aliphatic carbocycles. The molecule has 0 radical (unpaired) electrons. The Bertz CT molecular complexity index is 1050. The van der Waals surface area contributed by atoms with Gasteiger partial charge in [-0.15, -0.1) is 0 Å². The first-order valence-corrected chi connectivity index (χ1v) is 13.9. The van der Waals surface area contributed by atoms with Crippen molar-refractivity contribution in [1.82, 2.24) is 9.80 Å². The molecule has 0 N–H and O–H groups in total. The number of esters is 1. The number of piperidine rings is 2. The number of nitrogens with zero attached hydrogens (tertiary/aromatic N) is 2. The first-order valence-electron chi connectivity index (χ1n) is 13.2. The van der Waals surface area contributed by atoms with Gasteiger partial charge in [0.25, 0.3) is 0 Å². The molecule has 202 valence electrons. The standard InChI is InChI=1S/C29H38Cl2N2O4/c1-20-24(30)8-9-27(28(20)31)37-23-12-14-32(15-13-23)19-21-10-16-33(17-11-21)25(29(34)36-3)18-22-6-4-5-7-26(22)35-2/h4-9,21,23,25H,10-19H2,1-3H3. The van der Waals surface area contributed by atoms with Crippen LogP contribution in [0.25, 0.3) is 0 Å². The average molecular weight is 550 g/mol. The van der Waals surface area contributed by atoms with Crippen molar-refractivity contribution in [3.8, 4) is 11.5 Å². The lowest BCUT2D eigenvalue weighted by molar-refractivity contribution is -0.147. The van der Waals surface area contributed by atoms with Crippen molar-refractivity contribution in [2.75, 3.05) is 46.9 Å². The number of para-hydroxylation sites is 1. The first kappa shape index (κ1) is 28.0. The van der Waals surface area contributed by atoms with Gasteiger partial charge < -0.3 is 19.1 Å². The Morgan fingerprint density at radius 2 is 1.68 bits per heavy atom. The van der Waals surface area contributed by atoms with E-state index in [1.165, 1.54) is 7.11 Å². The molecule has 2 aliphatic rings. The van der Waals surface area contributed by atoms with E-state index in [4.69, 9.17) is 37.4 Å². The van der Waals surface area contributed by atoms with Crippen molar-refractivity contribution < 1.29 is 19.0 Å². The Morgan fingerprint density at radius 3 is 2.35 bits per heavy atom. The number of likely N-dealkylation sites (tertiary alicyclic amines) is 2. The van der Waals surface area contributed by atoms with Crippen LogP contribution in [-0.4, -0.2) is 74.9 Å². The lowest BCUT2D eigenvalue weighted by Gasteiger charge is -2.39. The van der Waals surface area contributed by atoms with Crippen molar-refractivity contribution in [2.45, 2.75) is 51.2 Å². The van der Waals surface area contributed by atoms with Gasteiger partial charge in [0.05, 0.1) is 19.2 Å². The summed E-state index contributed by atoms with van der Waals surface area (Å²) in [7, 11) is 3.14. The van der Waals surface area contributed by atoms with E-state index in [1.54, 1.807) is 7.11 Å². The lowest BCUT2D eigenvalue weighted by Crippen LogP contribution is -2.49. The largest absolute Gasteiger partial charge is 0.496 e. The fourth-order valence-corrected chi connectivity index (χ4v) is 5.92. The molecule has 0 bridgehead atoms. The van der Waals surface area contributed by atoms with Crippen LogP contribution in [0.2, 0.25) is 10.0 Å². The van der Waals surface area contributed by atoms with E-state index in [9.17, 15) is 4.79 Å². The third-order valence-electron chi connectivity index (χ3n) is 7.80. The highest BCUT2D eigenvalue weighted by Gasteiger charge is 2.32. The number of carbonyl (C=O) groups is 1. The van der Waals surface area contributed by atoms with E-state index in [0.717, 1.165) is 81.0 Å². The normalized spacial score (nSPS) is 18.9. The minimum Gasteiger partial charge on any atom is -0.496 e. The van der Waals surface area contributed by atoms with Gasteiger partial charge in [0, 0.05) is 31.1 Å². The van der Waals surface area contributed by atoms with Gasteiger partial charge in [0.15, 0.2) is 0 Å². The first-order chi connectivity index (χ1) is 17.9. The number of halogens is 2. The monoisotopic (exact) mass is 548 g/mol. The summed E-state index contributed by atoms with van der Waals surface area (Å²) >= 11 is 12.6. The van der Waals surface area contributed by atoms with Crippen LogP contribution in [0.1, 0.15) is 36.8 Å². The molecule has 0 amide bonds. The highest BCUT2D eigenvalue weighted by Crippen LogP contribution is 2.34. The molecular formula is C29H38Cl2N2O4. The summed E-state index contributed by atoms with van der Waals surface area (Å²) in [5, 5.41) is 1.27. The molecule has 2 fully saturated rings. The van der Waals surface area contributed by atoms with Gasteiger partial charge in [-0.25, -0.2) is 0 Å². The minimum absolute atomic E-state index is 0.173. The fraction of sp³-hybridized carbons (Fsp3) is 0.552. The van der Waals surface area contributed by atoms with Gasteiger partial charge in [-0.3, -0.25) is 9.69 Å². The van der Waals surface area contributed by atoms with Gasteiger partial charge in [-0.1, -0.05) is 41.4 Å². The highest BCUT2D eigenvalue weighted by atomic mass is 35.5. The van der Waals surface area contributed by atoms with E-state index >= 15 is 0 Å². The molecule has 2 saturated heterocycles. The van der Waals surface area contributed by atoms with Gasteiger partial charge in [-0.05, 0) is 80.9 Å². The predicted octanol–water partition coefficient (Wildman–Crippen LogP) is 5.65. The van der Waals surface area contributed by atoms with Crippen molar-refractivity contribution in [1.29, 1.82) is 0 Å². The topological polar surface area (TPSA) is 51.2 Å². The molecule has 0 saturated carbocycles. The Labute approximate surface area is 230 Å². The molecule has 0 aromatic heterocycles. The van der Waals surface area contributed by atoms with E-state index in [-0.39, 0.29) is 18.1 Å². The molecule has 2 aromatic carbocycles. The second-order valence-corrected chi connectivity index (χ2v) is 10.9. The minimum atomic E-state index is -0.293. The molecule has 37 heavy (non-hydrogen) atoms. The predicted molar refractivity (Wildman–Crippen MR) is 148 cm³/mol. The lowest BCUT2D eigenvalue weighted by atomic mass is 9.93. The summed E-state index contributed by atoms with van der Waals surface area (Å²) in [5.41, 5.74) is 1.89. The maximum absolute atomic E-state index is 12.7. The zero-order chi connectivity index (χ0) is 26.4. The number of hydrogen-bond donors (Lipinski definition) is 0. The number of hydrogen-bond acceptors (Lipinski definition) is 6. The Hall–Kier alpha value is -1.99. The number of rotatable bonds is 9. The smallest absolute Gasteiger partial charge is 0.323 e. The molecule has 2 heterocycles. The number of benzene rings is 2. The third-order valence-corrected chi connectivity index (χ3v) is 8.68. The fourth-order valence-electron chi connectivity index (χ4n) is 5.51. The quantitative estimate of drug-likeness (QED) is 0.377. The van der Waals surface area contributed by atoms with Gasteiger partial charge >= 0.3 is 5.97 Å². The number of methoxy groups -OCH3 is 2. The summed E-state index contributed by atoms with van der Waals surface area (Å²) in [4.78, 5) is 17.5. The molecule has 1 unspecified atom stereocenters. The van der Waals surface area contributed by atoms with Crippen molar-refractivity contribution in [3.05, 3.63) is 57.6 Å². The zero-order valence-electron chi connectivity index (χ0n) is 22.1. The summed E-state index contributed by atoms with van der Waals surface area (Å²) in [5.74, 6) is 1.99. The molecule has 8 heteroatoms. The van der Waals surface area contributed by atoms with Crippen molar-refractivity contribution in [3.63, 3.8) is 0 Å². The van der Waals surface area contributed by atoms with Crippen LogP contribution in [0.3, 0.4) is 0 Å². The summed E-state index contributed by atoms with van der Waals surface area (Å²) in [6.45, 7) is 6.84. The average Bonchev–Trinajstić information content (AvgIpc) is 2.93. The molecular weight excluding hydrogens is 511 g/mol. The second kappa shape index (κ2) is 13.2. The van der Waals surface area contributed by atoms with Crippen molar-refractivity contribution in [2.24, 2.45) is 5.92 Å². The second-order valence-electron chi connectivity index (χ2n) is 10.1. The highest BCUT2D eigenvalue weighted by molar-refractivity contribution is 6.36. The molecule has 2 aromatic rings. The number of ether oxygens (including phenoxy) is 3. The third kappa shape index (κ3) is 7.11. The Balaban J connectivity index is 1.25. The van der Waals surface area contributed by atoms with E-state index in [0.29, 0.717) is 22.4 Å².